The molecule has 5 fully saturated rings. The highest BCUT2D eigenvalue weighted by Crippen LogP contribution is 2.91. The molecule has 4 bridgehead atoms. The number of esters is 1. The van der Waals surface area contributed by atoms with Crippen molar-refractivity contribution in [2.75, 3.05) is 0 Å². The Bertz CT molecular complexity index is 626. The lowest BCUT2D eigenvalue weighted by molar-refractivity contribution is -0.152. The molecule has 8 heteroatoms. The zero-order valence-corrected chi connectivity index (χ0v) is 15.9. The second-order valence-electron chi connectivity index (χ2n) is 7.40. The molecular formula is C14H12Cl6O2. The third-order valence-electron chi connectivity index (χ3n) is 7.06. The van der Waals surface area contributed by atoms with Crippen molar-refractivity contribution in [1.29, 1.82) is 0 Å². The number of carbonyl (C=O) groups excluding carboxylic acids is 1. The van der Waals surface area contributed by atoms with Crippen LogP contribution in [0.2, 0.25) is 0 Å². The zero-order valence-electron chi connectivity index (χ0n) is 11.3. The number of halogens is 6. The molecule has 0 spiro atoms. The van der Waals surface area contributed by atoms with E-state index in [0.29, 0.717) is 0 Å². The van der Waals surface area contributed by atoms with Crippen molar-refractivity contribution >= 4 is 75.6 Å². The molecule has 0 aliphatic heterocycles. The first-order chi connectivity index (χ1) is 10.1. The van der Waals surface area contributed by atoms with Crippen molar-refractivity contribution in [3.8, 4) is 0 Å². The molecule has 10 atom stereocenters. The van der Waals surface area contributed by atoms with Gasteiger partial charge < -0.3 is 4.74 Å². The molecular weight excluding hydrogens is 413 g/mol. The molecule has 5 saturated carbocycles. The van der Waals surface area contributed by atoms with Crippen LogP contribution in [0.5, 0.6) is 0 Å². The van der Waals surface area contributed by atoms with Crippen LogP contribution >= 0.6 is 69.6 Å². The Hall–Kier alpha value is 1.21. The van der Waals surface area contributed by atoms with Gasteiger partial charge in [-0.3, -0.25) is 4.79 Å². The lowest BCUT2D eigenvalue weighted by atomic mass is 9.76. The minimum Gasteiger partial charge on any atom is -0.462 e. The molecule has 122 valence electrons. The Labute approximate surface area is 158 Å². The van der Waals surface area contributed by atoms with Gasteiger partial charge in [0.15, 0.2) is 4.33 Å². The van der Waals surface area contributed by atoms with Crippen molar-refractivity contribution in [3.63, 3.8) is 0 Å². The summed E-state index contributed by atoms with van der Waals surface area (Å²) >= 11 is 41.1. The first-order valence-electron chi connectivity index (χ1n) is 7.32. The Morgan fingerprint density at radius 3 is 2.23 bits per heavy atom. The van der Waals surface area contributed by atoms with Crippen LogP contribution in [0.3, 0.4) is 0 Å². The van der Waals surface area contributed by atoms with Gasteiger partial charge in [-0.2, -0.15) is 0 Å². The SMILES string of the molecule is CC(=O)O[C@H]1[C@@H]2[C@@H]3C[C@H]1C1[C@@H]3[C@]3(Cl)C(Cl)(Cl)[C@@]1(Cl)[C@@H](Cl)[C@]23Cl. The Morgan fingerprint density at radius 2 is 1.64 bits per heavy atom. The standard InChI is InChI=1S/C14H12Cl6O2/c1-3(21)22-9-5-2-4-7-6(5)12(17)10(15)11(16,8(4)9)13(7,18)14(12,19)20/h4-10H,2H2,1H3/t4-,5+,6?,7-,8+,9-,10+,11-,12+,13-/m1/s1. The van der Waals surface area contributed by atoms with Crippen molar-refractivity contribution in [2.45, 2.75) is 43.8 Å². The fourth-order valence-electron chi connectivity index (χ4n) is 6.80. The predicted molar refractivity (Wildman–Crippen MR) is 87.5 cm³/mol. The summed E-state index contributed by atoms with van der Waals surface area (Å²) in [7, 11) is 0. The first kappa shape index (κ1) is 15.5. The van der Waals surface area contributed by atoms with Gasteiger partial charge in [0, 0.05) is 18.8 Å². The van der Waals surface area contributed by atoms with Crippen LogP contribution < -0.4 is 0 Å². The number of fused-ring (bicyclic) bond motifs is 5. The maximum atomic E-state index is 11.5. The third-order valence-corrected chi connectivity index (χ3v) is 12.0. The van der Waals surface area contributed by atoms with Gasteiger partial charge in [0.25, 0.3) is 0 Å². The monoisotopic (exact) mass is 422 g/mol. The highest BCUT2D eigenvalue weighted by molar-refractivity contribution is 6.63. The van der Waals surface area contributed by atoms with Crippen molar-refractivity contribution in [3.05, 3.63) is 0 Å². The number of alkyl halides is 6. The average Bonchev–Trinajstić information content (AvgIpc) is 3.04. The van der Waals surface area contributed by atoms with Gasteiger partial charge >= 0.3 is 5.97 Å². The molecule has 5 aliphatic carbocycles. The quantitative estimate of drug-likeness (QED) is 0.466. The topological polar surface area (TPSA) is 26.3 Å². The van der Waals surface area contributed by atoms with Crippen LogP contribution in [0.25, 0.3) is 0 Å². The molecule has 5 aliphatic rings. The van der Waals surface area contributed by atoms with E-state index in [9.17, 15) is 4.79 Å². The summed E-state index contributed by atoms with van der Waals surface area (Å²) in [6, 6.07) is 0. The number of rotatable bonds is 1. The summed E-state index contributed by atoms with van der Waals surface area (Å²) in [6.45, 7) is 1.40. The number of carbonyl (C=O) groups is 1. The largest absolute Gasteiger partial charge is 0.462 e. The summed E-state index contributed by atoms with van der Waals surface area (Å²) in [5.74, 6) is -0.251. The average molecular weight is 425 g/mol. The smallest absolute Gasteiger partial charge is 0.302 e. The summed E-state index contributed by atoms with van der Waals surface area (Å²) in [5, 5.41) is -0.671. The second-order valence-corrected chi connectivity index (χ2v) is 11.0. The van der Waals surface area contributed by atoms with Gasteiger partial charge in [-0.25, -0.2) is 0 Å². The summed E-state index contributed by atoms with van der Waals surface area (Å²) in [4.78, 5) is 8.27. The van der Waals surface area contributed by atoms with E-state index in [1.165, 1.54) is 6.92 Å². The molecule has 0 saturated heterocycles. The molecule has 0 aromatic rings. The summed E-state index contributed by atoms with van der Waals surface area (Å²) in [6.07, 6.45) is 0.594. The van der Waals surface area contributed by atoms with Gasteiger partial charge in [0.2, 0.25) is 0 Å². The molecule has 22 heavy (non-hydrogen) atoms. The van der Waals surface area contributed by atoms with E-state index in [1.54, 1.807) is 0 Å². The van der Waals surface area contributed by atoms with Crippen LogP contribution in [0.15, 0.2) is 0 Å². The summed E-state index contributed by atoms with van der Waals surface area (Å²) < 4.78 is 4.21. The minimum atomic E-state index is -1.40. The fourth-order valence-corrected chi connectivity index (χ4v) is 10.9. The number of hydrogen-bond donors (Lipinski definition) is 0. The Kier molecular flexibility index (Phi) is 2.68. The normalized spacial score (nSPS) is 68.2. The van der Waals surface area contributed by atoms with E-state index in [4.69, 9.17) is 74.3 Å². The molecule has 0 aromatic heterocycles. The van der Waals surface area contributed by atoms with Gasteiger partial charge in [-0.1, -0.05) is 23.2 Å². The molecule has 0 amide bonds. The van der Waals surface area contributed by atoms with E-state index >= 15 is 0 Å². The molecule has 1 unspecified atom stereocenters. The van der Waals surface area contributed by atoms with Crippen molar-refractivity contribution in [2.24, 2.45) is 29.6 Å². The molecule has 5 rings (SSSR count). The van der Waals surface area contributed by atoms with Gasteiger partial charge in [-0.05, 0) is 24.2 Å². The van der Waals surface area contributed by atoms with Crippen LogP contribution in [0.4, 0.5) is 0 Å². The van der Waals surface area contributed by atoms with E-state index < -0.39 is 24.3 Å². The van der Waals surface area contributed by atoms with Gasteiger partial charge in [0.1, 0.15) is 15.9 Å². The van der Waals surface area contributed by atoms with Crippen molar-refractivity contribution in [1.82, 2.24) is 0 Å². The van der Waals surface area contributed by atoms with E-state index in [2.05, 4.69) is 0 Å². The zero-order chi connectivity index (χ0) is 16.0. The highest BCUT2D eigenvalue weighted by Gasteiger charge is 3.00. The Morgan fingerprint density at radius 1 is 1.00 bits per heavy atom. The van der Waals surface area contributed by atoms with Gasteiger partial charge in [0.05, 0.1) is 10.3 Å². The van der Waals surface area contributed by atoms with E-state index in [1.807, 2.05) is 0 Å². The molecule has 0 aromatic carbocycles. The third kappa shape index (κ3) is 1.06. The van der Waals surface area contributed by atoms with E-state index in [0.717, 1.165) is 6.42 Å². The van der Waals surface area contributed by atoms with Crippen LogP contribution in [0.1, 0.15) is 13.3 Å². The minimum absolute atomic E-state index is 0.0241. The maximum Gasteiger partial charge on any atom is 0.302 e. The summed E-state index contributed by atoms with van der Waals surface area (Å²) in [5.41, 5.74) is 0. The molecule has 0 radical (unpaired) electrons. The maximum absolute atomic E-state index is 11.5. The fraction of sp³-hybridized carbons (Fsp3) is 0.929. The Balaban J connectivity index is 1.79. The van der Waals surface area contributed by atoms with Crippen LogP contribution in [0, 0.1) is 29.6 Å². The number of ether oxygens (including phenoxy) is 1. The lowest BCUT2D eigenvalue weighted by Crippen LogP contribution is -2.54. The first-order valence-corrected chi connectivity index (χ1v) is 9.64. The molecule has 2 nitrogen and oxygen atoms in total. The lowest BCUT2D eigenvalue weighted by Gasteiger charge is -2.41. The van der Waals surface area contributed by atoms with E-state index in [-0.39, 0.29) is 41.7 Å². The van der Waals surface area contributed by atoms with Crippen molar-refractivity contribution < 1.29 is 9.53 Å². The predicted octanol–water partition coefficient (Wildman–Crippen LogP) is 4.17. The van der Waals surface area contributed by atoms with Crippen LogP contribution in [-0.4, -0.2) is 36.4 Å². The van der Waals surface area contributed by atoms with Crippen LogP contribution in [-0.2, 0) is 9.53 Å². The molecule has 0 N–H and O–H groups in total. The number of hydrogen-bond acceptors (Lipinski definition) is 2. The molecule has 0 heterocycles. The second kappa shape index (κ2) is 3.81. The van der Waals surface area contributed by atoms with Gasteiger partial charge in [-0.15, -0.1) is 46.4 Å². The highest BCUT2D eigenvalue weighted by atomic mass is 35.5.